The summed E-state index contributed by atoms with van der Waals surface area (Å²) in [5.74, 6) is -0.735. The summed E-state index contributed by atoms with van der Waals surface area (Å²) in [6.45, 7) is 1.94. The van der Waals surface area contributed by atoms with Gasteiger partial charge in [0, 0.05) is 11.4 Å². The van der Waals surface area contributed by atoms with Crippen molar-refractivity contribution in [3.63, 3.8) is 0 Å². The Morgan fingerprint density at radius 2 is 1.89 bits per heavy atom. The summed E-state index contributed by atoms with van der Waals surface area (Å²) in [5.41, 5.74) is 2.16. The molecular weight excluding hydrogens is 302 g/mol. The third-order valence-corrected chi connectivity index (χ3v) is 3.18. The highest BCUT2D eigenvalue weighted by molar-refractivity contribution is 9.08. The van der Waals surface area contributed by atoms with E-state index in [1.54, 1.807) is 12.1 Å². The third kappa shape index (κ3) is 2.88. The molecule has 2 aromatic rings. The van der Waals surface area contributed by atoms with Crippen molar-refractivity contribution in [2.45, 2.75) is 12.3 Å². The van der Waals surface area contributed by atoms with E-state index in [0.717, 1.165) is 34.7 Å². The largest absolute Gasteiger partial charge is 0.454 e. The van der Waals surface area contributed by atoms with E-state index in [9.17, 15) is 8.78 Å². The van der Waals surface area contributed by atoms with Gasteiger partial charge in [-0.15, -0.1) is 0 Å². The second-order valence-electron chi connectivity index (χ2n) is 3.90. The summed E-state index contributed by atoms with van der Waals surface area (Å²) in [7, 11) is 0. The fourth-order valence-electron chi connectivity index (χ4n) is 1.56. The zero-order chi connectivity index (χ0) is 13.1. The molecule has 0 atom stereocenters. The molecule has 0 amide bonds. The molecular formula is C14H11BrF2O. The molecule has 1 nitrogen and oxygen atoms in total. The maximum Gasteiger partial charge on any atom is 0.165 e. The minimum absolute atomic E-state index is 0.110. The van der Waals surface area contributed by atoms with Crippen LogP contribution in [0, 0.1) is 18.6 Å². The molecule has 0 spiro atoms. The Kier molecular flexibility index (Phi) is 3.97. The predicted octanol–water partition coefficient (Wildman–Crippen LogP) is 4.96. The zero-order valence-corrected chi connectivity index (χ0v) is 11.3. The van der Waals surface area contributed by atoms with E-state index >= 15 is 0 Å². The molecule has 0 aliphatic rings. The number of benzene rings is 2. The molecule has 0 N–H and O–H groups in total. The van der Waals surface area contributed by atoms with E-state index in [1.807, 2.05) is 13.0 Å². The summed E-state index contributed by atoms with van der Waals surface area (Å²) in [6, 6.07) is 8.54. The van der Waals surface area contributed by atoms with Gasteiger partial charge in [-0.05, 0) is 42.3 Å². The first kappa shape index (κ1) is 13.0. The molecule has 18 heavy (non-hydrogen) atoms. The quantitative estimate of drug-likeness (QED) is 0.728. The van der Waals surface area contributed by atoms with Crippen LogP contribution >= 0.6 is 15.9 Å². The highest BCUT2D eigenvalue weighted by Crippen LogP contribution is 2.27. The molecule has 0 unspecified atom stereocenters. The Bertz CT molecular complexity index is 570. The van der Waals surface area contributed by atoms with Crippen LogP contribution in [0.15, 0.2) is 36.4 Å². The van der Waals surface area contributed by atoms with Crippen LogP contribution in [0.2, 0.25) is 0 Å². The molecule has 0 saturated carbocycles. The number of ether oxygens (including phenoxy) is 1. The van der Waals surface area contributed by atoms with E-state index < -0.39 is 11.6 Å². The second-order valence-corrected chi connectivity index (χ2v) is 4.46. The first-order chi connectivity index (χ1) is 8.60. The van der Waals surface area contributed by atoms with Crippen molar-refractivity contribution < 1.29 is 13.5 Å². The zero-order valence-electron chi connectivity index (χ0n) is 9.71. The smallest absolute Gasteiger partial charge is 0.165 e. The highest BCUT2D eigenvalue weighted by atomic mass is 79.9. The molecule has 0 radical (unpaired) electrons. The topological polar surface area (TPSA) is 9.23 Å². The number of halogens is 3. The van der Waals surface area contributed by atoms with Gasteiger partial charge in [0.1, 0.15) is 11.6 Å². The van der Waals surface area contributed by atoms with Crippen LogP contribution in [-0.2, 0) is 5.33 Å². The van der Waals surface area contributed by atoms with E-state index in [4.69, 9.17) is 4.74 Å². The van der Waals surface area contributed by atoms with Crippen molar-refractivity contribution in [2.24, 2.45) is 0 Å². The lowest BCUT2D eigenvalue weighted by atomic mass is 10.1. The van der Waals surface area contributed by atoms with Gasteiger partial charge < -0.3 is 4.74 Å². The van der Waals surface area contributed by atoms with Crippen LogP contribution in [0.1, 0.15) is 11.1 Å². The maximum absolute atomic E-state index is 13.4. The van der Waals surface area contributed by atoms with Crippen molar-refractivity contribution in [3.8, 4) is 11.5 Å². The van der Waals surface area contributed by atoms with Crippen molar-refractivity contribution in [2.75, 3.05) is 0 Å². The van der Waals surface area contributed by atoms with Gasteiger partial charge >= 0.3 is 0 Å². The average molecular weight is 313 g/mol. The van der Waals surface area contributed by atoms with E-state index in [0.29, 0.717) is 5.75 Å². The summed E-state index contributed by atoms with van der Waals surface area (Å²) >= 11 is 3.37. The lowest BCUT2D eigenvalue weighted by molar-refractivity contribution is 0.436. The predicted molar refractivity (Wildman–Crippen MR) is 70.2 cm³/mol. The molecule has 2 aromatic carbocycles. The van der Waals surface area contributed by atoms with Crippen LogP contribution in [-0.4, -0.2) is 0 Å². The van der Waals surface area contributed by atoms with Crippen LogP contribution in [0.25, 0.3) is 0 Å². The van der Waals surface area contributed by atoms with Gasteiger partial charge in [-0.2, -0.15) is 0 Å². The average Bonchev–Trinajstić information content (AvgIpc) is 2.34. The van der Waals surface area contributed by atoms with Gasteiger partial charge in [-0.3, -0.25) is 0 Å². The lowest BCUT2D eigenvalue weighted by Crippen LogP contribution is -1.91. The van der Waals surface area contributed by atoms with Crippen LogP contribution in [0.4, 0.5) is 8.78 Å². The molecule has 0 aromatic heterocycles. The molecule has 0 bridgehead atoms. The fraction of sp³-hybridized carbons (Fsp3) is 0.143. The molecule has 0 aliphatic heterocycles. The molecule has 0 fully saturated rings. The molecule has 0 saturated heterocycles. The lowest BCUT2D eigenvalue weighted by Gasteiger charge is -2.09. The first-order valence-electron chi connectivity index (χ1n) is 5.38. The van der Waals surface area contributed by atoms with Gasteiger partial charge in [-0.25, -0.2) is 8.78 Å². The summed E-state index contributed by atoms with van der Waals surface area (Å²) in [5, 5.41) is 0.743. The molecule has 4 heteroatoms. The Balaban J connectivity index is 2.28. The molecule has 0 aliphatic carbocycles. The molecule has 94 valence electrons. The van der Waals surface area contributed by atoms with Gasteiger partial charge in [0.05, 0.1) is 0 Å². The maximum atomic E-state index is 13.4. The molecule has 0 heterocycles. The molecule has 2 rings (SSSR count). The monoisotopic (exact) mass is 312 g/mol. The van der Waals surface area contributed by atoms with Crippen molar-refractivity contribution in [3.05, 3.63) is 59.2 Å². The first-order valence-corrected chi connectivity index (χ1v) is 6.50. The van der Waals surface area contributed by atoms with Crippen LogP contribution in [0.5, 0.6) is 11.5 Å². The Morgan fingerprint density at radius 3 is 2.56 bits per heavy atom. The van der Waals surface area contributed by atoms with Gasteiger partial charge in [0.15, 0.2) is 11.6 Å². The van der Waals surface area contributed by atoms with E-state index in [1.165, 1.54) is 0 Å². The minimum Gasteiger partial charge on any atom is -0.454 e. The van der Waals surface area contributed by atoms with Crippen molar-refractivity contribution in [1.82, 2.24) is 0 Å². The fourth-order valence-corrected chi connectivity index (χ4v) is 2.19. The third-order valence-electron chi connectivity index (χ3n) is 2.58. The summed E-state index contributed by atoms with van der Waals surface area (Å²) in [6.07, 6.45) is 0. The van der Waals surface area contributed by atoms with Crippen LogP contribution < -0.4 is 4.74 Å². The Labute approximate surface area is 113 Å². The van der Waals surface area contributed by atoms with Crippen molar-refractivity contribution in [1.29, 1.82) is 0 Å². The number of rotatable bonds is 3. The Morgan fingerprint density at radius 1 is 1.11 bits per heavy atom. The SMILES string of the molecule is Cc1cc(Oc2cc(F)ccc2F)ccc1CBr. The normalized spacial score (nSPS) is 10.4. The Hall–Kier alpha value is -1.42. The van der Waals surface area contributed by atoms with Gasteiger partial charge in [-0.1, -0.05) is 22.0 Å². The number of aryl methyl sites for hydroxylation is 1. The van der Waals surface area contributed by atoms with E-state index in [-0.39, 0.29) is 5.75 Å². The second kappa shape index (κ2) is 5.48. The number of hydrogen-bond donors (Lipinski definition) is 0. The van der Waals surface area contributed by atoms with Gasteiger partial charge in [0.25, 0.3) is 0 Å². The van der Waals surface area contributed by atoms with Crippen LogP contribution in [0.3, 0.4) is 0 Å². The highest BCUT2D eigenvalue weighted by Gasteiger charge is 2.07. The standard InChI is InChI=1S/C14H11BrF2O/c1-9-6-12(4-2-10(9)8-15)18-14-7-11(16)3-5-13(14)17/h2-7H,8H2,1H3. The summed E-state index contributed by atoms with van der Waals surface area (Å²) < 4.78 is 31.7. The minimum atomic E-state index is -0.585. The van der Waals surface area contributed by atoms with E-state index in [2.05, 4.69) is 15.9 Å². The van der Waals surface area contributed by atoms with Gasteiger partial charge in [0.2, 0.25) is 0 Å². The van der Waals surface area contributed by atoms with Crippen molar-refractivity contribution >= 4 is 15.9 Å². The number of alkyl halides is 1. The summed E-state index contributed by atoms with van der Waals surface area (Å²) in [4.78, 5) is 0. The number of hydrogen-bond acceptors (Lipinski definition) is 1.